The summed E-state index contributed by atoms with van der Waals surface area (Å²) in [6, 6.07) is 7.83. The number of anilines is 1. The van der Waals surface area contributed by atoms with Crippen LogP contribution in [0.3, 0.4) is 0 Å². The summed E-state index contributed by atoms with van der Waals surface area (Å²) in [6.07, 6.45) is 2.57. The van der Waals surface area contributed by atoms with Gasteiger partial charge >= 0.3 is 0 Å². The number of benzene rings is 1. The lowest BCUT2D eigenvalue weighted by Gasteiger charge is -2.05. The van der Waals surface area contributed by atoms with E-state index in [1.807, 2.05) is 38.1 Å². The summed E-state index contributed by atoms with van der Waals surface area (Å²) in [5, 5.41) is 3.34. The maximum Gasteiger partial charge on any atom is 0.195 e. The van der Waals surface area contributed by atoms with Crippen molar-refractivity contribution in [1.29, 1.82) is 0 Å². The van der Waals surface area contributed by atoms with Crippen LogP contribution in [0.1, 0.15) is 24.3 Å². The van der Waals surface area contributed by atoms with Gasteiger partial charge in [-0.1, -0.05) is 6.92 Å². The Kier molecular flexibility index (Phi) is 3.33. The van der Waals surface area contributed by atoms with Gasteiger partial charge in [0.15, 0.2) is 11.5 Å². The Labute approximate surface area is 117 Å². The van der Waals surface area contributed by atoms with E-state index in [-0.39, 0.29) is 0 Å². The van der Waals surface area contributed by atoms with E-state index in [9.17, 15) is 0 Å². The van der Waals surface area contributed by atoms with E-state index in [1.54, 1.807) is 6.20 Å². The predicted octanol–water partition coefficient (Wildman–Crippen LogP) is 3.10. The van der Waals surface area contributed by atoms with Gasteiger partial charge in [-0.3, -0.25) is 0 Å². The summed E-state index contributed by atoms with van der Waals surface area (Å²) < 4.78 is 5.59. The molecule has 2 aromatic heterocycles. The van der Waals surface area contributed by atoms with Crippen molar-refractivity contribution in [1.82, 2.24) is 15.0 Å². The molecule has 1 N–H and O–H groups in total. The van der Waals surface area contributed by atoms with E-state index in [0.717, 1.165) is 40.6 Å². The summed E-state index contributed by atoms with van der Waals surface area (Å²) in [6.45, 7) is 4.58. The predicted molar refractivity (Wildman–Crippen MR) is 77.5 cm³/mol. The van der Waals surface area contributed by atoms with Gasteiger partial charge in [-0.2, -0.15) is 0 Å². The summed E-state index contributed by atoms with van der Waals surface area (Å²) >= 11 is 0. The lowest BCUT2D eigenvalue weighted by Crippen LogP contribution is -2.03. The van der Waals surface area contributed by atoms with Crippen molar-refractivity contribution < 1.29 is 4.42 Å². The maximum atomic E-state index is 5.59. The van der Waals surface area contributed by atoms with Gasteiger partial charge in [-0.05, 0) is 31.2 Å². The van der Waals surface area contributed by atoms with Gasteiger partial charge in [0, 0.05) is 18.3 Å². The Bertz CT molecular complexity index is 736. The molecule has 0 aliphatic carbocycles. The molecule has 0 atom stereocenters. The number of rotatable bonds is 4. The third-order valence-electron chi connectivity index (χ3n) is 3.04. The van der Waals surface area contributed by atoms with Crippen molar-refractivity contribution in [2.75, 3.05) is 5.32 Å². The molecule has 0 unspecified atom stereocenters. The van der Waals surface area contributed by atoms with Crippen LogP contribution in [0.25, 0.3) is 11.1 Å². The van der Waals surface area contributed by atoms with Crippen molar-refractivity contribution >= 4 is 16.8 Å². The van der Waals surface area contributed by atoms with Crippen LogP contribution >= 0.6 is 0 Å². The Hall–Kier alpha value is -2.43. The largest absolute Gasteiger partial charge is 0.441 e. The third-order valence-corrected chi connectivity index (χ3v) is 3.04. The van der Waals surface area contributed by atoms with E-state index in [4.69, 9.17) is 4.42 Å². The highest BCUT2D eigenvalue weighted by Gasteiger charge is 2.05. The first kappa shape index (κ1) is 12.6. The first-order chi connectivity index (χ1) is 9.74. The minimum Gasteiger partial charge on any atom is -0.441 e. The second-order valence-corrected chi connectivity index (χ2v) is 4.59. The molecule has 0 aliphatic heterocycles. The molecule has 2 heterocycles. The smallest absolute Gasteiger partial charge is 0.195 e. The molecule has 5 nitrogen and oxygen atoms in total. The lowest BCUT2D eigenvalue weighted by atomic mass is 10.2. The molecule has 1 aromatic carbocycles. The van der Waals surface area contributed by atoms with E-state index in [2.05, 4.69) is 20.3 Å². The number of hydrogen-bond donors (Lipinski definition) is 1. The summed E-state index contributed by atoms with van der Waals surface area (Å²) in [5.41, 5.74) is 3.67. The number of fused-ring (bicyclic) bond motifs is 1. The maximum absolute atomic E-state index is 5.59. The molecule has 0 saturated heterocycles. The van der Waals surface area contributed by atoms with E-state index in [0.29, 0.717) is 6.54 Å². The van der Waals surface area contributed by atoms with Crippen LogP contribution in [-0.2, 0) is 13.0 Å². The standard InChI is InChI=1S/C15H16N4O/c1-3-15-19-13-8-11(4-5-14(13)20-15)17-9-12-6-7-16-10(2)18-12/h4-8,17H,3,9H2,1-2H3. The van der Waals surface area contributed by atoms with Gasteiger partial charge in [-0.15, -0.1) is 0 Å². The molecule has 0 saturated carbocycles. The summed E-state index contributed by atoms with van der Waals surface area (Å²) in [5.74, 6) is 1.55. The zero-order valence-corrected chi connectivity index (χ0v) is 11.6. The Morgan fingerprint density at radius 2 is 2.10 bits per heavy atom. The van der Waals surface area contributed by atoms with Crippen LogP contribution in [-0.4, -0.2) is 15.0 Å². The fourth-order valence-electron chi connectivity index (χ4n) is 2.03. The Balaban J connectivity index is 1.77. The molecule has 0 bridgehead atoms. The molecule has 5 heteroatoms. The molecular weight excluding hydrogens is 252 g/mol. The number of aromatic nitrogens is 3. The van der Waals surface area contributed by atoms with Crippen molar-refractivity contribution in [2.24, 2.45) is 0 Å². The van der Waals surface area contributed by atoms with Gasteiger partial charge in [0.1, 0.15) is 11.3 Å². The molecule has 3 aromatic rings. The molecule has 0 radical (unpaired) electrons. The fourth-order valence-corrected chi connectivity index (χ4v) is 2.03. The van der Waals surface area contributed by atoms with Gasteiger partial charge in [0.2, 0.25) is 0 Å². The minimum atomic E-state index is 0.660. The molecule has 0 fully saturated rings. The molecule has 0 amide bonds. The normalized spacial score (nSPS) is 10.9. The van der Waals surface area contributed by atoms with E-state index >= 15 is 0 Å². The Morgan fingerprint density at radius 1 is 1.20 bits per heavy atom. The number of oxazole rings is 1. The van der Waals surface area contributed by atoms with Crippen molar-refractivity contribution in [3.63, 3.8) is 0 Å². The average molecular weight is 268 g/mol. The van der Waals surface area contributed by atoms with Crippen LogP contribution in [0, 0.1) is 6.92 Å². The molecule has 102 valence electrons. The van der Waals surface area contributed by atoms with Gasteiger partial charge in [0.25, 0.3) is 0 Å². The third kappa shape index (κ3) is 2.61. The average Bonchev–Trinajstić information content (AvgIpc) is 2.87. The summed E-state index contributed by atoms with van der Waals surface area (Å²) in [4.78, 5) is 12.9. The molecule has 20 heavy (non-hydrogen) atoms. The molecular formula is C15H16N4O. The van der Waals surface area contributed by atoms with Crippen LogP contribution < -0.4 is 5.32 Å². The second-order valence-electron chi connectivity index (χ2n) is 4.59. The molecule has 3 rings (SSSR count). The number of nitrogens with zero attached hydrogens (tertiary/aromatic N) is 3. The van der Waals surface area contributed by atoms with Crippen LogP contribution in [0.5, 0.6) is 0 Å². The van der Waals surface area contributed by atoms with Gasteiger partial charge in [-0.25, -0.2) is 15.0 Å². The Morgan fingerprint density at radius 3 is 2.90 bits per heavy atom. The van der Waals surface area contributed by atoms with Crippen LogP contribution in [0.2, 0.25) is 0 Å². The van der Waals surface area contributed by atoms with Crippen LogP contribution in [0.15, 0.2) is 34.9 Å². The SMILES string of the molecule is CCc1nc2cc(NCc3ccnc(C)n3)ccc2o1. The van der Waals surface area contributed by atoms with Crippen molar-refractivity contribution in [3.05, 3.63) is 47.9 Å². The highest BCUT2D eigenvalue weighted by Crippen LogP contribution is 2.20. The number of aryl methyl sites for hydroxylation is 2. The highest BCUT2D eigenvalue weighted by atomic mass is 16.3. The minimum absolute atomic E-state index is 0.660. The van der Waals surface area contributed by atoms with Crippen molar-refractivity contribution in [2.45, 2.75) is 26.8 Å². The molecule has 0 spiro atoms. The van der Waals surface area contributed by atoms with E-state index < -0.39 is 0 Å². The van der Waals surface area contributed by atoms with Crippen molar-refractivity contribution in [3.8, 4) is 0 Å². The summed E-state index contributed by atoms with van der Waals surface area (Å²) in [7, 11) is 0. The second kappa shape index (κ2) is 5.28. The molecule has 0 aliphatic rings. The number of hydrogen-bond acceptors (Lipinski definition) is 5. The zero-order chi connectivity index (χ0) is 13.9. The van der Waals surface area contributed by atoms with E-state index in [1.165, 1.54) is 0 Å². The van der Waals surface area contributed by atoms with Crippen LogP contribution in [0.4, 0.5) is 5.69 Å². The first-order valence-electron chi connectivity index (χ1n) is 6.66. The van der Waals surface area contributed by atoms with Gasteiger partial charge in [0.05, 0.1) is 12.2 Å². The topological polar surface area (TPSA) is 63.8 Å². The first-order valence-corrected chi connectivity index (χ1v) is 6.66. The van der Waals surface area contributed by atoms with Gasteiger partial charge < -0.3 is 9.73 Å². The zero-order valence-electron chi connectivity index (χ0n) is 11.6. The highest BCUT2D eigenvalue weighted by molar-refractivity contribution is 5.77. The monoisotopic (exact) mass is 268 g/mol. The fraction of sp³-hybridized carbons (Fsp3) is 0.267. The lowest BCUT2D eigenvalue weighted by molar-refractivity contribution is 0.538. The quantitative estimate of drug-likeness (QED) is 0.787. The number of nitrogens with one attached hydrogen (secondary N) is 1.